The molecule has 8 nitrogen and oxygen atoms in total. The van der Waals surface area contributed by atoms with Gasteiger partial charge in [0.1, 0.15) is 11.0 Å². The summed E-state index contributed by atoms with van der Waals surface area (Å²) in [4.78, 5) is 42.2. The Morgan fingerprint density at radius 2 is 1.51 bits per heavy atom. The van der Waals surface area contributed by atoms with E-state index in [0.717, 1.165) is 44.1 Å². The average Bonchev–Trinajstić information content (AvgIpc) is 2.96. The Morgan fingerprint density at radius 1 is 0.821 bits per heavy atom. The molecule has 0 aliphatic carbocycles. The molecular weight excluding hydrogens is 532 g/mol. The van der Waals surface area contributed by atoms with Gasteiger partial charge in [-0.05, 0) is 23.3 Å². The first-order valence-electron chi connectivity index (χ1n) is 13.3. The minimum atomic E-state index is -0.00208. The molecule has 0 N–H and O–H groups in total. The number of nitrogens with zero attached hydrogens (tertiary/aromatic N) is 6. The minimum Gasteiger partial charge on any atom is -0.354 e. The Labute approximate surface area is 239 Å². The molecule has 204 valence electrons. The third-order valence-electron chi connectivity index (χ3n) is 7.16. The second-order valence-electron chi connectivity index (χ2n) is 9.87. The van der Waals surface area contributed by atoms with Crippen LogP contribution in [0.25, 0.3) is 0 Å². The molecule has 0 bridgehead atoms. The monoisotopic (exact) mass is 564 g/mol. The Kier molecular flexibility index (Phi) is 9.01. The number of thioether (sulfide) groups is 1. The molecule has 0 spiro atoms. The van der Waals surface area contributed by atoms with E-state index in [1.165, 1.54) is 17.3 Å². The van der Waals surface area contributed by atoms with Gasteiger partial charge < -0.3 is 14.7 Å². The molecule has 0 unspecified atom stereocenters. The van der Waals surface area contributed by atoms with Crippen LogP contribution in [0.2, 0.25) is 5.15 Å². The summed E-state index contributed by atoms with van der Waals surface area (Å²) >= 11 is 7.91. The van der Waals surface area contributed by atoms with Crippen LogP contribution in [0.5, 0.6) is 0 Å². The standard InChI is InChI=1S/C29H33ClN6O2S/c1-22(37)34-14-16-36(17-15-34)28(38)25-9-5-8-24(18-25)21-39-29-31-26(30)19-27(32-29)35-12-10-33(11-13-35)20-23-6-3-2-4-7-23/h2-9,18-19H,10-17,20-21H2,1H3. The summed E-state index contributed by atoms with van der Waals surface area (Å²) in [5.74, 6) is 1.53. The summed E-state index contributed by atoms with van der Waals surface area (Å²) in [5, 5.41) is 1.06. The number of carbonyl (C=O) groups is 2. The van der Waals surface area contributed by atoms with E-state index >= 15 is 0 Å². The second-order valence-corrected chi connectivity index (χ2v) is 11.2. The van der Waals surface area contributed by atoms with Crippen molar-refractivity contribution in [1.82, 2.24) is 24.7 Å². The van der Waals surface area contributed by atoms with Gasteiger partial charge in [-0.3, -0.25) is 14.5 Å². The molecule has 39 heavy (non-hydrogen) atoms. The van der Waals surface area contributed by atoms with Gasteiger partial charge in [-0.15, -0.1) is 0 Å². The maximum atomic E-state index is 13.1. The highest BCUT2D eigenvalue weighted by molar-refractivity contribution is 7.98. The van der Waals surface area contributed by atoms with Crippen LogP contribution in [-0.4, -0.2) is 88.8 Å². The predicted octanol–water partition coefficient (Wildman–Crippen LogP) is 4.05. The number of carbonyl (C=O) groups excluding carboxylic acids is 2. The molecule has 0 saturated carbocycles. The molecule has 2 saturated heterocycles. The Hall–Kier alpha value is -3.14. The van der Waals surface area contributed by atoms with E-state index in [9.17, 15) is 9.59 Å². The van der Waals surface area contributed by atoms with Gasteiger partial charge >= 0.3 is 0 Å². The van der Waals surface area contributed by atoms with Crippen molar-refractivity contribution >= 4 is 41.0 Å². The van der Waals surface area contributed by atoms with Crippen molar-refractivity contribution < 1.29 is 9.59 Å². The van der Waals surface area contributed by atoms with Gasteiger partial charge in [0, 0.05) is 83.2 Å². The van der Waals surface area contributed by atoms with E-state index in [2.05, 4.69) is 39.0 Å². The van der Waals surface area contributed by atoms with Gasteiger partial charge in [0.05, 0.1) is 0 Å². The van der Waals surface area contributed by atoms with E-state index < -0.39 is 0 Å². The molecular formula is C29H33ClN6O2S. The van der Waals surface area contributed by atoms with Crippen molar-refractivity contribution in [3.63, 3.8) is 0 Å². The summed E-state index contributed by atoms with van der Waals surface area (Å²) < 4.78 is 0. The number of piperazine rings is 2. The minimum absolute atomic E-state index is 0.00208. The highest BCUT2D eigenvalue weighted by Gasteiger charge is 2.23. The predicted molar refractivity (Wildman–Crippen MR) is 155 cm³/mol. The van der Waals surface area contributed by atoms with Crippen LogP contribution in [0.3, 0.4) is 0 Å². The number of hydrogen-bond donors (Lipinski definition) is 0. The molecule has 2 aliphatic heterocycles. The van der Waals surface area contributed by atoms with E-state index in [1.807, 2.05) is 41.3 Å². The maximum absolute atomic E-state index is 13.1. The van der Waals surface area contributed by atoms with Crippen LogP contribution < -0.4 is 4.90 Å². The zero-order valence-corrected chi connectivity index (χ0v) is 23.7. The number of aromatic nitrogens is 2. The molecule has 3 aromatic rings. The molecule has 5 rings (SSSR count). The van der Waals surface area contributed by atoms with Crippen LogP contribution in [-0.2, 0) is 17.1 Å². The van der Waals surface area contributed by atoms with Crippen LogP contribution in [0.15, 0.2) is 65.8 Å². The third-order valence-corrected chi connectivity index (χ3v) is 8.27. The first kappa shape index (κ1) is 27.4. The number of hydrogen-bond acceptors (Lipinski definition) is 7. The van der Waals surface area contributed by atoms with Gasteiger partial charge in [0.15, 0.2) is 5.16 Å². The van der Waals surface area contributed by atoms with Crippen molar-refractivity contribution in [3.8, 4) is 0 Å². The van der Waals surface area contributed by atoms with E-state index in [-0.39, 0.29) is 11.8 Å². The Balaban J connectivity index is 1.16. The van der Waals surface area contributed by atoms with Gasteiger partial charge in [0.2, 0.25) is 5.91 Å². The molecule has 2 amide bonds. The van der Waals surface area contributed by atoms with E-state index in [4.69, 9.17) is 16.6 Å². The molecule has 3 heterocycles. The molecule has 10 heteroatoms. The van der Waals surface area contributed by atoms with Crippen molar-refractivity contribution in [2.24, 2.45) is 0 Å². The molecule has 1 aromatic heterocycles. The number of halogens is 1. The molecule has 0 radical (unpaired) electrons. The van der Waals surface area contributed by atoms with Gasteiger partial charge in [0.25, 0.3) is 5.91 Å². The number of anilines is 1. The fraction of sp³-hybridized carbons (Fsp3) is 0.379. The highest BCUT2D eigenvalue weighted by atomic mass is 35.5. The van der Waals surface area contributed by atoms with Crippen LogP contribution in [0.1, 0.15) is 28.4 Å². The normalized spacial score (nSPS) is 16.4. The van der Waals surface area contributed by atoms with Crippen LogP contribution in [0, 0.1) is 0 Å². The topological polar surface area (TPSA) is 72.9 Å². The highest BCUT2D eigenvalue weighted by Crippen LogP contribution is 2.26. The van der Waals surface area contributed by atoms with Crippen molar-refractivity contribution in [3.05, 3.63) is 82.5 Å². The average molecular weight is 565 g/mol. The Morgan fingerprint density at radius 3 is 2.23 bits per heavy atom. The molecule has 0 atom stereocenters. The fourth-order valence-electron chi connectivity index (χ4n) is 4.94. The summed E-state index contributed by atoms with van der Waals surface area (Å²) in [5.41, 5.74) is 3.01. The lowest BCUT2D eigenvalue weighted by Crippen LogP contribution is -2.50. The van der Waals surface area contributed by atoms with Gasteiger partial charge in [-0.2, -0.15) is 0 Å². The third kappa shape index (κ3) is 7.29. The smallest absolute Gasteiger partial charge is 0.253 e. The summed E-state index contributed by atoms with van der Waals surface area (Å²) in [6, 6.07) is 20.1. The maximum Gasteiger partial charge on any atom is 0.253 e. The lowest BCUT2D eigenvalue weighted by molar-refractivity contribution is -0.130. The van der Waals surface area contributed by atoms with Gasteiger partial charge in [-0.1, -0.05) is 65.8 Å². The lowest BCUT2D eigenvalue weighted by Gasteiger charge is -2.35. The summed E-state index contributed by atoms with van der Waals surface area (Å²) in [7, 11) is 0. The lowest BCUT2D eigenvalue weighted by atomic mass is 10.1. The van der Waals surface area contributed by atoms with Crippen LogP contribution in [0.4, 0.5) is 5.82 Å². The first-order chi connectivity index (χ1) is 18.9. The number of benzene rings is 2. The molecule has 2 aromatic carbocycles. The fourth-order valence-corrected chi connectivity index (χ4v) is 5.96. The summed E-state index contributed by atoms with van der Waals surface area (Å²) in [6.07, 6.45) is 0. The zero-order chi connectivity index (χ0) is 27.2. The SMILES string of the molecule is CC(=O)N1CCN(C(=O)c2cccc(CSc3nc(Cl)cc(N4CCN(Cc5ccccc5)CC4)n3)c2)CC1. The Bertz CT molecular complexity index is 1290. The van der Waals surface area contributed by atoms with Gasteiger partial charge in [-0.25, -0.2) is 9.97 Å². The molecule has 2 aliphatic rings. The van der Waals surface area contributed by atoms with Crippen molar-refractivity contribution in [2.45, 2.75) is 24.4 Å². The van der Waals surface area contributed by atoms with E-state index in [0.29, 0.717) is 47.8 Å². The zero-order valence-electron chi connectivity index (χ0n) is 22.1. The second kappa shape index (κ2) is 12.8. The van der Waals surface area contributed by atoms with Crippen molar-refractivity contribution in [1.29, 1.82) is 0 Å². The largest absolute Gasteiger partial charge is 0.354 e. The van der Waals surface area contributed by atoms with Crippen LogP contribution >= 0.6 is 23.4 Å². The van der Waals surface area contributed by atoms with Crippen molar-refractivity contribution in [2.75, 3.05) is 57.3 Å². The van der Waals surface area contributed by atoms with E-state index in [1.54, 1.807) is 11.8 Å². The number of amides is 2. The first-order valence-corrected chi connectivity index (χ1v) is 14.6. The molecule has 2 fully saturated rings. The summed E-state index contributed by atoms with van der Waals surface area (Å²) in [6.45, 7) is 8.47. The quantitative estimate of drug-likeness (QED) is 0.243. The number of rotatable bonds is 7.